The Labute approximate surface area is 79.5 Å². The second kappa shape index (κ2) is 4.21. The molecule has 0 amide bonds. The molecule has 0 radical (unpaired) electrons. The van der Waals surface area contributed by atoms with Gasteiger partial charge >= 0.3 is 6.18 Å². The summed E-state index contributed by atoms with van der Waals surface area (Å²) in [6.45, 7) is -0.405. The Bertz CT molecular complexity index is 298. The van der Waals surface area contributed by atoms with Crippen molar-refractivity contribution in [2.24, 2.45) is 0 Å². The minimum absolute atomic E-state index is 0.289. The number of nitrogens with two attached hydrogens (primary N) is 1. The molecule has 0 aromatic heterocycles. The fourth-order valence-electron chi connectivity index (χ4n) is 0.889. The number of ether oxygens (including phenoxy) is 1. The number of hydrogen-bond acceptors (Lipinski definition) is 2. The SMILES string of the molecule is Nc1ccccc1OCCC(F)(F)F. The van der Waals surface area contributed by atoms with Gasteiger partial charge in [-0.05, 0) is 12.1 Å². The van der Waals surface area contributed by atoms with Gasteiger partial charge in [-0.2, -0.15) is 13.2 Å². The fourth-order valence-corrected chi connectivity index (χ4v) is 0.889. The van der Waals surface area contributed by atoms with Crippen LogP contribution in [-0.4, -0.2) is 12.8 Å². The number of alkyl halides is 3. The van der Waals surface area contributed by atoms with Crippen LogP contribution in [0.25, 0.3) is 0 Å². The molecule has 0 aliphatic rings. The first-order chi connectivity index (χ1) is 6.49. The molecule has 1 aromatic rings. The molecule has 14 heavy (non-hydrogen) atoms. The maximum absolute atomic E-state index is 11.7. The zero-order valence-electron chi connectivity index (χ0n) is 7.34. The standard InChI is InChI=1S/C9H10F3NO/c10-9(11,12)5-6-14-8-4-2-1-3-7(8)13/h1-4H,5-6,13H2. The number of nitrogen functional groups attached to an aromatic ring is 1. The zero-order chi connectivity index (χ0) is 10.6. The second-order valence-corrected chi connectivity index (χ2v) is 2.75. The maximum atomic E-state index is 11.7. The molecule has 5 heteroatoms. The average molecular weight is 205 g/mol. The molecule has 2 nitrogen and oxygen atoms in total. The van der Waals surface area contributed by atoms with Crippen molar-refractivity contribution >= 4 is 5.69 Å². The molecule has 0 saturated carbocycles. The summed E-state index contributed by atoms with van der Waals surface area (Å²) in [6, 6.07) is 6.44. The molecular weight excluding hydrogens is 195 g/mol. The van der Waals surface area contributed by atoms with E-state index in [1.807, 2.05) is 0 Å². The topological polar surface area (TPSA) is 35.2 Å². The first-order valence-electron chi connectivity index (χ1n) is 4.03. The molecule has 0 fully saturated rings. The lowest BCUT2D eigenvalue weighted by atomic mass is 10.3. The zero-order valence-corrected chi connectivity index (χ0v) is 7.34. The van der Waals surface area contributed by atoms with Crippen LogP contribution in [0.3, 0.4) is 0 Å². The largest absolute Gasteiger partial charge is 0.491 e. The molecule has 0 saturated heterocycles. The summed E-state index contributed by atoms with van der Waals surface area (Å²) in [6.07, 6.45) is -5.16. The lowest BCUT2D eigenvalue weighted by molar-refractivity contribution is -0.139. The van der Waals surface area contributed by atoms with Crippen LogP contribution in [0.1, 0.15) is 6.42 Å². The number of benzene rings is 1. The van der Waals surface area contributed by atoms with Crippen molar-refractivity contribution in [3.8, 4) is 5.75 Å². The molecular formula is C9H10F3NO. The molecule has 0 spiro atoms. The van der Waals surface area contributed by atoms with Crippen LogP contribution in [0.4, 0.5) is 18.9 Å². The van der Waals surface area contributed by atoms with E-state index >= 15 is 0 Å². The summed E-state index contributed by atoms with van der Waals surface area (Å²) in [4.78, 5) is 0. The van der Waals surface area contributed by atoms with Gasteiger partial charge in [-0.15, -0.1) is 0 Å². The third-order valence-electron chi connectivity index (χ3n) is 1.56. The maximum Gasteiger partial charge on any atom is 0.392 e. The highest BCUT2D eigenvalue weighted by atomic mass is 19.4. The van der Waals surface area contributed by atoms with Crippen LogP contribution in [0.5, 0.6) is 5.75 Å². The normalized spacial score (nSPS) is 11.4. The first kappa shape index (κ1) is 10.7. The third-order valence-corrected chi connectivity index (χ3v) is 1.56. The number of hydrogen-bond donors (Lipinski definition) is 1. The Morgan fingerprint density at radius 1 is 1.21 bits per heavy atom. The summed E-state index contributed by atoms with van der Waals surface area (Å²) < 4.78 is 40.1. The Balaban J connectivity index is 2.43. The van der Waals surface area contributed by atoms with E-state index in [0.29, 0.717) is 5.69 Å². The summed E-state index contributed by atoms with van der Waals surface area (Å²) in [7, 11) is 0. The Morgan fingerprint density at radius 2 is 1.86 bits per heavy atom. The number of rotatable bonds is 3. The van der Waals surface area contributed by atoms with E-state index in [-0.39, 0.29) is 5.75 Å². The van der Waals surface area contributed by atoms with Crippen molar-refractivity contribution in [3.05, 3.63) is 24.3 Å². The quantitative estimate of drug-likeness (QED) is 0.770. The van der Waals surface area contributed by atoms with Crippen molar-refractivity contribution < 1.29 is 17.9 Å². The predicted octanol–water partition coefficient (Wildman–Crippen LogP) is 2.60. The highest BCUT2D eigenvalue weighted by Gasteiger charge is 2.26. The van der Waals surface area contributed by atoms with E-state index < -0.39 is 19.2 Å². The van der Waals surface area contributed by atoms with Crippen LogP contribution < -0.4 is 10.5 Å². The Hall–Kier alpha value is -1.39. The lowest BCUT2D eigenvalue weighted by Crippen LogP contribution is -2.13. The van der Waals surface area contributed by atoms with Gasteiger partial charge in [-0.3, -0.25) is 0 Å². The van der Waals surface area contributed by atoms with Gasteiger partial charge in [0, 0.05) is 0 Å². The molecule has 1 aromatic carbocycles. The van der Waals surface area contributed by atoms with Crippen LogP contribution in [0.2, 0.25) is 0 Å². The average Bonchev–Trinajstić information content (AvgIpc) is 2.06. The molecule has 0 heterocycles. The van der Waals surface area contributed by atoms with Gasteiger partial charge in [-0.1, -0.05) is 12.1 Å². The highest BCUT2D eigenvalue weighted by Crippen LogP contribution is 2.23. The fraction of sp³-hybridized carbons (Fsp3) is 0.333. The molecule has 1 rings (SSSR count). The monoisotopic (exact) mass is 205 g/mol. The van der Waals surface area contributed by atoms with Gasteiger partial charge in [0.05, 0.1) is 18.7 Å². The molecule has 0 aliphatic heterocycles. The molecule has 0 atom stereocenters. The number of para-hydroxylation sites is 2. The predicted molar refractivity (Wildman–Crippen MR) is 47.0 cm³/mol. The molecule has 0 bridgehead atoms. The minimum Gasteiger partial charge on any atom is -0.491 e. The van der Waals surface area contributed by atoms with Crippen LogP contribution >= 0.6 is 0 Å². The minimum atomic E-state index is -4.19. The van der Waals surface area contributed by atoms with Crippen LogP contribution in [-0.2, 0) is 0 Å². The Morgan fingerprint density at radius 3 is 2.43 bits per heavy atom. The molecule has 0 aliphatic carbocycles. The van der Waals surface area contributed by atoms with E-state index in [1.54, 1.807) is 18.2 Å². The van der Waals surface area contributed by atoms with Gasteiger partial charge in [0.1, 0.15) is 5.75 Å². The van der Waals surface area contributed by atoms with E-state index in [2.05, 4.69) is 0 Å². The highest BCUT2D eigenvalue weighted by molar-refractivity contribution is 5.51. The van der Waals surface area contributed by atoms with E-state index in [1.165, 1.54) is 6.07 Å². The van der Waals surface area contributed by atoms with E-state index in [0.717, 1.165) is 0 Å². The van der Waals surface area contributed by atoms with Crippen molar-refractivity contribution in [1.82, 2.24) is 0 Å². The van der Waals surface area contributed by atoms with Crippen molar-refractivity contribution in [2.45, 2.75) is 12.6 Å². The van der Waals surface area contributed by atoms with Crippen LogP contribution in [0.15, 0.2) is 24.3 Å². The first-order valence-corrected chi connectivity index (χ1v) is 4.03. The van der Waals surface area contributed by atoms with Crippen molar-refractivity contribution in [1.29, 1.82) is 0 Å². The smallest absolute Gasteiger partial charge is 0.392 e. The van der Waals surface area contributed by atoms with Gasteiger partial charge < -0.3 is 10.5 Å². The van der Waals surface area contributed by atoms with E-state index in [9.17, 15) is 13.2 Å². The third kappa shape index (κ3) is 3.55. The molecule has 2 N–H and O–H groups in total. The summed E-state index contributed by atoms with van der Waals surface area (Å²) in [5.41, 5.74) is 5.81. The summed E-state index contributed by atoms with van der Waals surface area (Å²) in [5.74, 6) is 0.289. The summed E-state index contributed by atoms with van der Waals surface area (Å²) >= 11 is 0. The lowest BCUT2D eigenvalue weighted by Gasteiger charge is -2.09. The second-order valence-electron chi connectivity index (χ2n) is 2.75. The van der Waals surface area contributed by atoms with E-state index in [4.69, 9.17) is 10.5 Å². The molecule has 78 valence electrons. The Kier molecular flexibility index (Phi) is 3.22. The van der Waals surface area contributed by atoms with Crippen LogP contribution in [0, 0.1) is 0 Å². The number of halogens is 3. The summed E-state index contributed by atoms with van der Waals surface area (Å²) in [5, 5.41) is 0. The van der Waals surface area contributed by atoms with Crippen molar-refractivity contribution in [3.63, 3.8) is 0 Å². The molecule has 0 unspecified atom stereocenters. The van der Waals surface area contributed by atoms with Crippen molar-refractivity contribution in [2.75, 3.05) is 12.3 Å². The van der Waals surface area contributed by atoms with Gasteiger partial charge in [0.15, 0.2) is 0 Å². The number of anilines is 1. The van der Waals surface area contributed by atoms with Gasteiger partial charge in [0.25, 0.3) is 0 Å². The van der Waals surface area contributed by atoms with Gasteiger partial charge in [0.2, 0.25) is 0 Å². The van der Waals surface area contributed by atoms with Gasteiger partial charge in [-0.25, -0.2) is 0 Å².